The summed E-state index contributed by atoms with van der Waals surface area (Å²) < 4.78 is 0. The summed E-state index contributed by atoms with van der Waals surface area (Å²) in [6.45, 7) is 0.490. The van der Waals surface area contributed by atoms with Crippen LogP contribution >= 0.6 is 11.6 Å². The van der Waals surface area contributed by atoms with E-state index < -0.39 is 4.92 Å². The highest BCUT2D eigenvalue weighted by atomic mass is 35.5. The summed E-state index contributed by atoms with van der Waals surface area (Å²) in [5, 5.41) is 13.4. The van der Waals surface area contributed by atoms with E-state index in [0.717, 1.165) is 0 Å². The molecule has 1 aromatic carbocycles. The second kappa shape index (κ2) is 7.45. The van der Waals surface area contributed by atoms with Crippen LogP contribution in [0.3, 0.4) is 0 Å². The van der Waals surface area contributed by atoms with Gasteiger partial charge in [0.05, 0.1) is 10.5 Å². The Hall–Kier alpha value is -1.88. The molecule has 0 spiro atoms. The van der Waals surface area contributed by atoms with Crippen LogP contribution in [0, 0.1) is 10.1 Å². The zero-order valence-corrected chi connectivity index (χ0v) is 10.4. The van der Waals surface area contributed by atoms with Gasteiger partial charge in [0.1, 0.15) is 0 Å². The first-order valence-electron chi connectivity index (χ1n) is 5.40. The van der Waals surface area contributed by atoms with Crippen LogP contribution in [0.25, 0.3) is 6.08 Å². The predicted molar refractivity (Wildman–Crippen MR) is 70.5 cm³/mol. The van der Waals surface area contributed by atoms with Crippen LogP contribution in [-0.4, -0.2) is 23.3 Å². The number of para-hydroxylation sites is 1. The van der Waals surface area contributed by atoms with E-state index in [0.29, 0.717) is 24.4 Å². The summed E-state index contributed by atoms with van der Waals surface area (Å²) >= 11 is 5.47. The minimum Gasteiger partial charge on any atom is -0.353 e. The number of nitrogens with zero attached hydrogens (tertiary/aromatic N) is 1. The lowest BCUT2D eigenvalue weighted by atomic mass is 10.1. The molecule has 1 aromatic rings. The molecule has 0 aliphatic carbocycles. The first-order valence-corrected chi connectivity index (χ1v) is 5.94. The molecule has 5 nitrogen and oxygen atoms in total. The number of rotatable bonds is 6. The zero-order chi connectivity index (χ0) is 13.4. The van der Waals surface area contributed by atoms with Crippen LogP contribution in [-0.2, 0) is 4.79 Å². The Kier molecular flexibility index (Phi) is 5.87. The molecule has 6 heteroatoms. The molecule has 0 aromatic heterocycles. The smallest absolute Gasteiger partial charge is 0.276 e. The van der Waals surface area contributed by atoms with Gasteiger partial charge in [-0.1, -0.05) is 12.1 Å². The largest absolute Gasteiger partial charge is 0.353 e. The topological polar surface area (TPSA) is 72.2 Å². The van der Waals surface area contributed by atoms with Crippen LogP contribution in [0.4, 0.5) is 5.69 Å². The third-order valence-electron chi connectivity index (χ3n) is 2.16. The fourth-order valence-corrected chi connectivity index (χ4v) is 1.43. The number of carbonyl (C=O) groups is 1. The van der Waals surface area contributed by atoms with E-state index in [9.17, 15) is 14.9 Å². The fourth-order valence-electron chi connectivity index (χ4n) is 1.30. The highest BCUT2D eigenvalue weighted by Crippen LogP contribution is 2.18. The second-order valence-corrected chi connectivity index (χ2v) is 3.86. The molecular weight excluding hydrogens is 256 g/mol. The number of hydrogen-bond acceptors (Lipinski definition) is 3. The first kappa shape index (κ1) is 14.2. The van der Waals surface area contributed by atoms with Crippen molar-refractivity contribution in [2.45, 2.75) is 6.42 Å². The van der Waals surface area contributed by atoms with Gasteiger partial charge in [-0.15, -0.1) is 11.6 Å². The average Bonchev–Trinajstić information content (AvgIpc) is 2.37. The van der Waals surface area contributed by atoms with E-state index in [4.69, 9.17) is 11.6 Å². The van der Waals surface area contributed by atoms with E-state index in [1.807, 2.05) is 0 Å². The van der Waals surface area contributed by atoms with E-state index in [2.05, 4.69) is 5.32 Å². The minimum absolute atomic E-state index is 0.0256. The van der Waals surface area contributed by atoms with Crippen molar-refractivity contribution in [2.24, 2.45) is 0 Å². The van der Waals surface area contributed by atoms with Crippen LogP contribution in [0.15, 0.2) is 30.3 Å². The number of halogens is 1. The second-order valence-electron chi connectivity index (χ2n) is 3.48. The van der Waals surface area contributed by atoms with Gasteiger partial charge in [0.25, 0.3) is 5.69 Å². The van der Waals surface area contributed by atoms with Crippen molar-refractivity contribution in [1.29, 1.82) is 0 Å². The molecule has 1 amide bonds. The summed E-state index contributed by atoms with van der Waals surface area (Å²) in [6.07, 6.45) is 3.39. The Labute approximate surface area is 110 Å². The van der Waals surface area contributed by atoms with Crippen molar-refractivity contribution in [1.82, 2.24) is 5.32 Å². The number of carbonyl (C=O) groups excluding carboxylic acids is 1. The molecule has 96 valence electrons. The summed E-state index contributed by atoms with van der Waals surface area (Å²) in [7, 11) is 0. The van der Waals surface area contributed by atoms with Crippen molar-refractivity contribution in [3.05, 3.63) is 46.0 Å². The Balaban J connectivity index is 2.66. The van der Waals surface area contributed by atoms with Crippen molar-refractivity contribution >= 4 is 29.3 Å². The molecule has 0 aliphatic rings. The number of alkyl halides is 1. The van der Waals surface area contributed by atoms with Gasteiger partial charge in [0, 0.05) is 24.6 Å². The van der Waals surface area contributed by atoms with Crippen molar-refractivity contribution in [2.75, 3.05) is 12.4 Å². The maximum absolute atomic E-state index is 11.4. The highest BCUT2D eigenvalue weighted by molar-refractivity contribution is 6.17. The molecule has 0 bridgehead atoms. The molecule has 1 rings (SSSR count). The number of nitrogens with one attached hydrogen (secondary N) is 1. The van der Waals surface area contributed by atoms with Crippen LogP contribution in [0.1, 0.15) is 12.0 Å². The number of nitro groups is 1. The lowest BCUT2D eigenvalue weighted by Crippen LogP contribution is -2.22. The highest BCUT2D eigenvalue weighted by Gasteiger charge is 2.09. The molecule has 0 heterocycles. The minimum atomic E-state index is -0.481. The molecule has 1 N–H and O–H groups in total. The number of amides is 1. The Bertz CT molecular complexity index is 460. The van der Waals surface area contributed by atoms with Crippen molar-refractivity contribution < 1.29 is 9.72 Å². The Morgan fingerprint density at radius 2 is 2.17 bits per heavy atom. The van der Waals surface area contributed by atoms with Gasteiger partial charge < -0.3 is 5.32 Å². The van der Waals surface area contributed by atoms with Gasteiger partial charge >= 0.3 is 0 Å². The van der Waals surface area contributed by atoms with Gasteiger partial charge in [-0.2, -0.15) is 0 Å². The maximum Gasteiger partial charge on any atom is 0.276 e. The molecular formula is C12H13ClN2O3. The third kappa shape index (κ3) is 4.55. The molecule has 0 radical (unpaired) electrons. The molecule has 0 saturated heterocycles. The molecule has 0 fully saturated rings. The van der Waals surface area contributed by atoms with Crippen molar-refractivity contribution in [3.63, 3.8) is 0 Å². The molecule has 0 aliphatic heterocycles. The van der Waals surface area contributed by atoms with E-state index in [1.54, 1.807) is 18.2 Å². The van der Waals surface area contributed by atoms with E-state index in [-0.39, 0.29) is 11.6 Å². The van der Waals surface area contributed by atoms with E-state index >= 15 is 0 Å². The lowest BCUT2D eigenvalue weighted by molar-refractivity contribution is -0.385. The monoisotopic (exact) mass is 268 g/mol. The van der Waals surface area contributed by atoms with Gasteiger partial charge in [0.15, 0.2) is 0 Å². The fraction of sp³-hybridized carbons (Fsp3) is 0.250. The summed E-state index contributed by atoms with van der Waals surface area (Å²) in [5.41, 5.74) is 0.373. The van der Waals surface area contributed by atoms with Gasteiger partial charge in [0.2, 0.25) is 5.91 Å². The van der Waals surface area contributed by atoms with E-state index in [1.165, 1.54) is 18.2 Å². The SMILES string of the molecule is O=C(/C=C/c1ccccc1[N+](=O)[O-])NCCCCl. The Morgan fingerprint density at radius 1 is 1.44 bits per heavy atom. The maximum atomic E-state index is 11.4. The predicted octanol–water partition coefficient (Wildman–Crippen LogP) is 2.35. The quantitative estimate of drug-likeness (QED) is 0.283. The standard InChI is InChI=1S/C12H13ClN2O3/c13-8-3-9-14-12(16)7-6-10-4-1-2-5-11(10)15(17)18/h1-2,4-7H,3,8-9H2,(H,14,16)/b7-6+. The summed E-state index contributed by atoms with van der Waals surface area (Å²) in [6, 6.07) is 6.24. The van der Waals surface area contributed by atoms with Crippen molar-refractivity contribution in [3.8, 4) is 0 Å². The van der Waals surface area contributed by atoms with Crippen LogP contribution < -0.4 is 5.32 Å². The summed E-state index contributed by atoms with van der Waals surface area (Å²) in [4.78, 5) is 21.6. The average molecular weight is 269 g/mol. The number of benzene rings is 1. The number of hydrogen-bond donors (Lipinski definition) is 1. The Morgan fingerprint density at radius 3 is 2.83 bits per heavy atom. The molecule has 18 heavy (non-hydrogen) atoms. The molecule has 0 atom stereocenters. The van der Waals surface area contributed by atoms with Gasteiger partial charge in [-0.05, 0) is 18.6 Å². The third-order valence-corrected chi connectivity index (χ3v) is 2.42. The summed E-state index contributed by atoms with van der Waals surface area (Å²) in [5.74, 6) is 0.187. The number of nitro benzene ring substituents is 1. The first-order chi connectivity index (χ1) is 8.65. The van der Waals surface area contributed by atoms with Crippen LogP contribution in [0.5, 0.6) is 0 Å². The molecule has 0 unspecified atom stereocenters. The lowest BCUT2D eigenvalue weighted by Gasteiger charge is -1.99. The van der Waals surface area contributed by atoms with Gasteiger partial charge in [-0.25, -0.2) is 0 Å². The zero-order valence-electron chi connectivity index (χ0n) is 9.64. The van der Waals surface area contributed by atoms with Crippen LogP contribution in [0.2, 0.25) is 0 Å². The normalized spacial score (nSPS) is 10.5. The molecule has 0 saturated carbocycles. The van der Waals surface area contributed by atoms with Gasteiger partial charge in [-0.3, -0.25) is 14.9 Å².